The lowest BCUT2D eigenvalue weighted by molar-refractivity contribution is 1.18. The van der Waals surface area contributed by atoms with Gasteiger partial charge < -0.3 is 4.57 Å². The maximum absolute atomic E-state index is 6.58. The van der Waals surface area contributed by atoms with Gasteiger partial charge in [0.2, 0.25) is 0 Å². The molecule has 102 valence electrons. The van der Waals surface area contributed by atoms with Crippen molar-refractivity contribution in [2.45, 2.75) is 0 Å². The summed E-state index contributed by atoms with van der Waals surface area (Å²) in [5, 5.41) is 3.13. The third-order valence-electron chi connectivity index (χ3n) is 3.74. The topological polar surface area (TPSA) is 4.93 Å². The molecule has 4 rings (SSSR count). The molecule has 3 heteroatoms. The van der Waals surface area contributed by atoms with E-state index in [1.165, 1.54) is 16.3 Å². The minimum Gasteiger partial charge on any atom is -0.308 e. The Morgan fingerprint density at radius 2 is 1.48 bits per heavy atom. The first-order valence-corrected chi connectivity index (χ1v) is 7.87. The molecule has 21 heavy (non-hydrogen) atoms. The molecule has 0 bridgehead atoms. The molecular weight excluding hydrogens is 346 g/mol. The predicted octanol–water partition coefficient (Wildman–Crippen LogP) is 6.20. The maximum atomic E-state index is 6.58. The molecule has 0 radical (unpaired) electrons. The zero-order chi connectivity index (χ0) is 14.4. The number of rotatable bonds is 1. The van der Waals surface area contributed by atoms with Crippen molar-refractivity contribution in [1.29, 1.82) is 0 Å². The van der Waals surface area contributed by atoms with Crippen LogP contribution in [0.4, 0.5) is 0 Å². The van der Waals surface area contributed by atoms with E-state index < -0.39 is 0 Å². The largest absolute Gasteiger partial charge is 0.308 e. The second kappa shape index (κ2) is 4.90. The van der Waals surface area contributed by atoms with Crippen molar-refractivity contribution in [3.63, 3.8) is 0 Å². The van der Waals surface area contributed by atoms with Crippen molar-refractivity contribution in [2.75, 3.05) is 0 Å². The molecule has 4 aromatic rings. The van der Waals surface area contributed by atoms with Crippen LogP contribution in [0.5, 0.6) is 0 Å². The average molecular weight is 357 g/mol. The Morgan fingerprint density at radius 1 is 0.762 bits per heavy atom. The first-order chi connectivity index (χ1) is 10.3. The van der Waals surface area contributed by atoms with E-state index in [0.717, 1.165) is 20.7 Å². The van der Waals surface area contributed by atoms with Crippen LogP contribution in [0.15, 0.2) is 71.2 Å². The number of hydrogen-bond acceptors (Lipinski definition) is 0. The van der Waals surface area contributed by atoms with Gasteiger partial charge in [0.15, 0.2) is 0 Å². The Morgan fingerprint density at radius 3 is 2.29 bits per heavy atom. The summed E-state index contributed by atoms with van der Waals surface area (Å²) in [4.78, 5) is 0. The van der Waals surface area contributed by atoms with Crippen molar-refractivity contribution < 1.29 is 0 Å². The van der Waals surface area contributed by atoms with Crippen molar-refractivity contribution in [2.24, 2.45) is 0 Å². The molecule has 1 nitrogen and oxygen atoms in total. The zero-order valence-electron chi connectivity index (χ0n) is 11.1. The lowest BCUT2D eigenvalue weighted by Crippen LogP contribution is -1.93. The Balaban J connectivity index is 2.28. The molecule has 1 heterocycles. The SMILES string of the molecule is Clc1c(Br)ccc2c3ccccc3n(-c3ccccc3)c12. The van der Waals surface area contributed by atoms with Gasteiger partial charge in [0.25, 0.3) is 0 Å². The summed E-state index contributed by atoms with van der Waals surface area (Å²) in [6.07, 6.45) is 0. The van der Waals surface area contributed by atoms with Crippen LogP contribution in [0.1, 0.15) is 0 Å². The van der Waals surface area contributed by atoms with Crippen LogP contribution in [-0.2, 0) is 0 Å². The highest BCUT2D eigenvalue weighted by molar-refractivity contribution is 9.10. The third kappa shape index (κ3) is 1.90. The fourth-order valence-corrected chi connectivity index (χ4v) is 3.41. The Kier molecular flexibility index (Phi) is 3.02. The molecule has 0 saturated heterocycles. The summed E-state index contributed by atoms with van der Waals surface area (Å²) in [5.74, 6) is 0. The van der Waals surface area contributed by atoms with Crippen LogP contribution in [0.3, 0.4) is 0 Å². The highest BCUT2D eigenvalue weighted by atomic mass is 79.9. The van der Waals surface area contributed by atoms with E-state index in [0.29, 0.717) is 0 Å². The molecule has 0 amide bonds. The Bertz CT molecular complexity index is 957. The molecular formula is C18H11BrClN. The van der Waals surface area contributed by atoms with E-state index in [-0.39, 0.29) is 0 Å². The molecule has 3 aromatic carbocycles. The number of benzene rings is 3. The monoisotopic (exact) mass is 355 g/mol. The smallest absolute Gasteiger partial charge is 0.0795 e. The molecule has 0 atom stereocenters. The number of halogens is 2. The quantitative estimate of drug-likeness (QED) is 0.382. The van der Waals surface area contributed by atoms with E-state index in [1.54, 1.807) is 0 Å². The minimum atomic E-state index is 0.743. The lowest BCUT2D eigenvalue weighted by atomic mass is 10.1. The second-order valence-corrected chi connectivity index (χ2v) is 6.18. The molecule has 0 aliphatic carbocycles. The van der Waals surface area contributed by atoms with Gasteiger partial charge in [-0.05, 0) is 40.2 Å². The highest BCUT2D eigenvalue weighted by Crippen LogP contribution is 2.38. The van der Waals surface area contributed by atoms with Gasteiger partial charge in [-0.25, -0.2) is 0 Å². The van der Waals surface area contributed by atoms with E-state index in [1.807, 2.05) is 24.3 Å². The predicted molar refractivity (Wildman–Crippen MR) is 93.5 cm³/mol. The second-order valence-electron chi connectivity index (χ2n) is 4.95. The van der Waals surface area contributed by atoms with Crippen LogP contribution >= 0.6 is 27.5 Å². The van der Waals surface area contributed by atoms with Crippen molar-refractivity contribution in [3.05, 3.63) is 76.2 Å². The van der Waals surface area contributed by atoms with Crippen LogP contribution in [0, 0.1) is 0 Å². The van der Waals surface area contributed by atoms with Crippen molar-refractivity contribution in [3.8, 4) is 5.69 Å². The highest BCUT2D eigenvalue weighted by Gasteiger charge is 2.15. The number of para-hydroxylation sites is 2. The van der Waals surface area contributed by atoms with Gasteiger partial charge in [-0.2, -0.15) is 0 Å². The van der Waals surface area contributed by atoms with Gasteiger partial charge in [-0.3, -0.25) is 0 Å². The van der Waals surface area contributed by atoms with Crippen LogP contribution in [-0.4, -0.2) is 4.57 Å². The first-order valence-electron chi connectivity index (χ1n) is 6.70. The summed E-state index contributed by atoms with van der Waals surface area (Å²) in [5.41, 5.74) is 3.32. The van der Waals surface area contributed by atoms with Gasteiger partial charge >= 0.3 is 0 Å². The molecule has 0 unspecified atom stereocenters. The number of hydrogen-bond donors (Lipinski definition) is 0. The fourth-order valence-electron chi connectivity index (χ4n) is 2.84. The standard InChI is InChI=1S/C18H11BrClN/c19-15-11-10-14-13-8-4-5-9-16(13)21(18(14)17(15)20)12-6-2-1-3-7-12/h1-11H. The first kappa shape index (κ1) is 12.9. The summed E-state index contributed by atoms with van der Waals surface area (Å²) in [6, 6.07) is 22.8. The fraction of sp³-hybridized carbons (Fsp3) is 0. The molecule has 1 aromatic heterocycles. The number of fused-ring (bicyclic) bond motifs is 3. The van der Waals surface area contributed by atoms with Crippen LogP contribution in [0.2, 0.25) is 5.02 Å². The molecule has 0 fully saturated rings. The number of nitrogens with zero attached hydrogens (tertiary/aromatic N) is 1. The normalized spacial score (nSPS) is 11.3. The van der Waals surface area contributed by atoms with Crippen molar-refractivity contribution >= 4 is 49.3 Å². The molecule has 0 N–H and O–H groups in total. The molecule has 0 aliphatic rings. The average Bonchev–Trinajstić information content (AvgIpc) is 2.87. The lowest BCUT2D eigenvalue weighted by Gasteiger charge is -2.09. The molecule has 0 saturated carbocycles. The van der Waals surface area contributed by atoms with Gasteiger partial charge in [-0.15, -0.1) is 0 Å². The van der Waals surface area contributed by atoms with Gasteiger partial charge in [0, 0.05) is 20.9 Å². The van der Waals surface area contributed by atoms with Gasteiger partial charge in [0.05, 0.1) is 16.1 Å². The molecule has 0 spiro atoms. The Hall–Kier alpha value is -1.77. The Labute approximate surface area is 135 Å². The maximum Gasteiger partial charge on any atom is 0.0795 e. The van der Waals surface area contributed by atoms with E-state index >= 15 is 0 Å². The van der Waals surface area contributed by atoms with Gasteiger partial charge in [0.1, 0.15) is 0 Å². The third-order valence-corrected chi connectivity index (χ3v) is 5.01. The summed E-state index contributed by atoms with van der Waals surface area (Å²) < 4.78 is 3.13. The zero-order valence-corrected chi connectivity index (χ0v) is 13.4. The van der Waals surface area contributed by atoms with Crippen molar-refractivity contribution in [1.82, 2.24) is 4.57 Å². The number of aromatic nitrogens is 1. The van der Waals surface area contributed by atoms with Crippen LogP contribution in [0.25, 0.3) is 27.5 Å². The van der Waals surface area contributed by atoms with E-state index in [2.05, 4.69) is 63.0 Å². The summed E-state index contributed by atoms with van der Waals surface area (Å²) in [6.45, 7) is 0. The van der Waals surface area contributed by atoms with Gasteiger partial charge in [-0.1, -0.05) is 54.1 Å². The minimum absolute atomic E-state index is 0.743. The summed E-state index contributed by atoms with van der Waals surface area (Å²) in [7, 11) is 0. The van der Waals surface area contributed by atoms with Crippen LogP contribution < -0.4 is 0 Å². The summed E-state index contributed by atoms with van der Waals surface area (Å²) >= 11 is 10.1. The molecule has 0 aliphatic heterocycles. The van der Waals surface area contributed by atoms with E-state index in [4.69, 9.17) is 11.6 Å². The van der Waals surface area contributed by atoms with E-state index in [9.17, 15) is 0 Å².